The second-order valence-electron chi connectivity index (χ2n) is 6.22. The molecule has 0 aliphatic heterocycles. The molecule has 1 aliphatic rings. The topological polar surface area (TPSA) is 70.0 Å². The molecule has 1 N–H and O–H groups in total. The Labute approximate surface area is 127 Å². The normalized spacial score (nSPS) is 18.1. The van der Waals surface area contributed by atoms with Gasteiger partial charge in [-0.05, 0) is 29.9 Å². The highest BCUT2D eigenvalue weighted by Gasteiger charge is 2.28. The zero-order chi connectivity index (χ0) is 15.3. The maximum atomic E-state index is 12.2. The van der Waals surface area contributed by atoms with E-state index in [0.29, 0.717) is 17.7 Å². The Morgan fingerprint density at radius 2 is 1.90 bits per heavy atom. The second kappa shape index (κ2) is 6.59. The second-order valence-corrected chi connectivity index (χ2v) is 8.03. The van der Waals surface area contributed by atoms with Gasteiger partial charge in [-0.2, -0.15) is 5.26 Å². The van der Waals surface area contributed by atoms with Crippen LogP contribution in [0.1, 0.15) is 50.2 Å². The van der Waals surface area contributed by atoms with E-state index in [1.54, 1.807) is 24.3 Å². The fourth-order valence-electron chi connectivity index (χ4n) is 2.88. The maximum absolute atomic E-state index is 12.2. The van der Waals surface area contributed by atoms with E-state index in [2.05, 4.69) is 11.6 Å². The first kappa shape index (κ1) is 16.0. The predicted octanol–water partition coefficient (Wildman–Crippen LogP) is 2.95. The summed E-state index contributed by atoms with van der Waals surface area (Å²) in [6.07, 6.45) is 5.75. The monoisotopic (exact) mass is 306 g/mol. The number of rotatable bonds is 5. The molecule has 0 unspecified atom stereocenters. The molecule has 0 bridgehead atoms. The first-order valence-corrected chi connectivity index (χ1v) is 9.05. The molecule has 0 radical (unpaired) electrons. The van der Waals surface area contributed by atoms with Gasteiger partial charge in [0.25, 0.3) is 0 Å². The highest BCUT2D eigenvalue weighted by Crippen LogP contribution is 2.35. The number of sulfonamides is 1. The van der Waals surface area contributed by atoms with E-state index in [4.69, 9.17) is 5.26 Å². The van der Waals surface area contributed by atoms with Crippen molar-refractivity contribution in [1.82, 2.24) is 4.72 Å². The summed E-state index contributed by atoms with van der Waals surface area (Å²) >= 11 is 0. The van der Waals surface area contributed by atoms with Gasteiger partial charge < -0.3 is 0 Å². The van der Waals surface area contributed by atoms with Gasteiger partial charge >= 0.3 is 0 Å². The van der Waals surface area contributed by atoms with E-state index in [-0.39, 0.29) is 11.2 Å². The summed E-state index contributed by atoms with van der Waals surface area (Å²) in [5.41, 5.74) is 1.05. The molecule has 0 spiro atoms. The predicted molar refractivity (Wildman–Crippen MR) is 83.0 cm³/mol. The molecule has 1 saturated carbocycles. The molecule has 0 aromatic heterocycles. The van der Waals surface area contributed by atoms with Crippen LogP contribution in [0.2, 0.25) is 0 Å². The average molecular weight is 306 g/mol. The summed E-state index contributed by atoms with van der Waals surface area (Å²) in [4.78, 5) is 0. The van der Waals surface area contributed by atoms with Crippen LogP contribution in [0, 0.1) is 16.7 Å². The molecule has 0 saturated heterocycles. The van der Waals surface area contributed by atoms with Crippen LogP contribution in [0.15, 0.2) is 24.3 Å². The lowest BCUT2D eigenvalue weighted by molar-refractivity contribution is 0.219. The van der Waals surface area contributed by atoms with Crippen LogP contribution in [0.25, 0.3) is 0 Å². The molecular weight excluding hydrogens is 284 g/mol. The van der Waals surface area contributed by atoms with Crippen molar-refractivity contribution in [3.63, 3.8) is 0 Å². The summed E-state index contributed by atoms with van der Waals surface area (Å²) < 4.78 is 27.2. The van der Waals surface area contributed by atoms with Gasteiger partial charge in [0.05, 0.1) is 17.4 Å². The fourth-order valence-corrected chi connectivity index (χ4v) is 4.21. The zero-order valence-electron chi connectivity index (χ0n) is 12.4. The lowest BCUT2D eigenvalue weighted by atomic mass is 9.76. The van der Waals surface area contributed by atoms with Crippen LogP contribution in [0.3, 0.4) is 0 Å². The van der Waals surface area contributed by atoms with Gasteiger partial charge in [-0.1, -0.05) is 44.4 Å². The van der Waals surface area contributed by atoms with Gasteiger partial charge in [-0.3, -0.25) is 0 Å². The summed E-state index contributed by atoms with van der Waals surface area (Å²) in [5.74, 6) is -0.132. The molecule has 0 amide bonds. The van der Waals surface area contributed by atoms with E-state index in [0.717, 1.165) is 12.8 Å². The van der Waals surface area contributed by atoms with Crippen LogP contribution in [-0.4, -0.2) is 15.0 Å². The fraction of sp³-hybridized carbons (Fsp3) is 0.562. The van der Waals surface area contributed by atoms with Crippen LogP contribution in [-0.2, 0) is 15.8 Å². The smallest absolute Gasteiger partial charge is 0.214 e. The standard InChI is InChI=1S/C16H22N2O2S/c1-16(9-5-2-6-10-16)13-18-21(19,20)12-15-8-4-3-7-14(15)11-17/h3-4,7-8,18H,2,5-6,9-10,12-13H2,1H3. The van der Waals surface area contributed by atoms with Crippen molar-refractivity contribution >= 4 is 10.0 Å². The van der Waals surface area contributed by atoms with Crippen LogP contribution >= 0.6 is 0 Å². The number of nitriles is 1. The summed E-state index contributed by atoms with van der Waals surface area (Å²) in [6.45, 7) is 2.64. The van der Waals surface area contributed by atoms with E-state index >= 15 is 0 Å². The average Bonchev–Trinajstić information content (AvgIpc) is 2.47. The summed E-state index contributed by atoms with van der Waals surface area (Å²) in [6, 6.07) is 8.88. The minimum absolute atomic E-state index is 0.0695. The Bertz CT molecular complexity index is 626. The third-order valence-electron chi connectivity index (χ3n) is 4.26. The molecule has 5 heteroatoms. The number of nitrogens with zero attached hydrogens (tertiary/aromatic N) is 1. The molecule has 2 rings (SSSR count). The molecule has 0 atom stereocenters. The van der Waals surface area contributed by atoms with Crippen molar-refractivity contribution in [2.24, 2.45) is 5.41 Å². The van der Waals surface area contributed by atoms with Crippen molar-refractivity contribution in [2.45, 2.75) is 44.8 Å². The molecule has 1 aromatic rings. The molecule has 21 heavy (non-hydrogen) atoms. The quantitative estimate of drug-likeness (QED) is 0.909. The van der Waals surface area contributed by atoms with Crippen molar-refractivity contribution in [2.75, 3.05) is 6.54 Å². The first-order chi connectivity index (χ1) is 9.94. The minimum atomic E-state index is -3.41. The Kier molecular flexibility index (Phi) is 5.02. The first-order valence-electron chi connectivity index (χ1n) is 7.39. The molecule has 1 aliphatic carbocycles. The van der Waals surface area contributed by atoms with E-state index < -0.39 is 10.0 Å². The molecule has 1 fully saturated rings. The molecule has 4 nitrogen and oxygen atoms in total. The van der Waals surface area contributed by atoms with Gasteiger partial charge in [-0.15, -0.1) is 0 Å². The van der Waals surface area contributed by atoms with Crippen LogP contribution in [0.4, 0.5) is 0 Å². The third kappa shape index (κ3) is 4.55. The Morgan fingerprint density at radius 1 is 1.24 bits per heavy atom. The van der Waals surface area contributed by atoms with Gasteiger partial charge in [-0.25, -0.2) is 13.1 Å². The summed E-state index contributed by atoms with van der Waals surface area (Å²) in [5, 5.41) is 9.02. The zero-order valence-corrected chi connectivity index (χ0v) is 13.2. The third-order valence-corrected chi connectivity index (χ3v) is 5.54. The van der Waals surface area contributed by atoms with Gasteiger partial charge in [0.2, 0.25) is 10.0 Å². The van der Waals surface area contributed by atoms with Crippen LogP contribution in [0.5, 0.6) is 0 Å². The molecular formula is C16H22N2O2S. The summed E-state index contributed by atoms with van der Waals surface area (Å²) in [7, 11) is -3.41. The van der Waals surface area contributed by atoms with E-state index in [1.807, 2.05) is 6.07 Å². The maximum Gasteiger partial charge on any atom is 0.215 e. The number of hydrogen-bond donors (Lipinski definition) is 1. The Balaban J connectivity index is 2.01. The SMILES string of the molecule is CC1(CNS(=O)(=O)Cc2ccccc2C#N)CCCCC1. The lowest BCUT2D eigenvalue weighted by Gasteiger charge is -2.33. The largest absolute Gasteiger partial charge is 0.215 e. The van der Waals surface area contributed by atoms with Crippen molar-refractivity contribution in [3.8, 4) is 6.07 Å². The van der Waals surface area contributed by atoms with Crippen molar-refractivity contribution < 1.29 is 8.42 Å². The van der Waals surface area contributed by atoms with E-state index in [9.17, 15) is 8.42 Å². The highest BCUT2D eigenvalue weighted by atomic mass is 32.2. The van der Waals surface area contributed by atoms with Crippen molar-refractivity contribution in [3.05, 3.63) is 35.4 Å². The van der Waals surface area contributed by atoms with Gasteiger partial charge in [0.15, 0.2) is 0 Å². The Morgan fingerprint density at radius 3 is 2.57 bits per heavy atom. The Hall–Kier alpha value is -1.38. The van der Waals surface area contributed by atoms with Crippen molar-refractivity contribution in [1.29, 1.82) is 5.26 Å². The molecule has 114 valence electrons. The van der Waals surface area contributed by atoms with Gasteiger partial charge in [0.1, 0.15) is 0 Å². The highest BCUT2D eigenvalue weighted by molar-refractivity contribution is 7.88. The van der Waals surface area contributed by atoms with Crippen LogP contribution < -0.4 is 4.72 Å². The number of nitrogens with one attached hydrogen (secondary N) is 1. The molecule has 1 aromatic carbocycles. The van der Waals surface area contributed by atoms with E-state index in [1.165, 1.54) is 19.3 Å². The van der Waals surface area contributed by atoms with Gasteiger partial charge in [0, 0.05) is 6.54 Å². The minimum Gasteiger partial charge on any atom is -0.214 e. The number of hydrogen-bond acceptors (Lipinski definition) is 3. The number of benzene rings is 1. The lowest BCUT2D eigenvalue weighted by Crippen LogP contribution is -2.37. The molecule has 0 heterocycles.